The van der Waals surface area contributed by atoms with Crippen molar-refractivity contribution in [2.45, 2.75) is 39.0 Å². The molecule has 0 aliphatic rings. The zero-order valence-electron chi connectivity index (χ0n) is 15.0. The number of unbranched alkanes of at least 4 members (excludes halogenated alkanes) is 2. The molecular formula is C20H29N5. The number of benzene rings is 1. The quantitative estimate of drug-likeness (QED) is 0.498. The van der Waals surface area contributed by atoms with Crippen molar-refractivity contribution in [2.75, 3.05) is 12.3 Å². The zero-order valence-corrected chi connectivity index (χ0v) is 15.0. The molecule has 25 heavy (non-hydrogen) atoms. The third-order valence-corrected chi connectivity index (χ3v) is 3.94. The number of hydrogen-bond acceptors (Lipinski definition) is 4. The molecule has 0 spiro atoms. The number of aryl methyl sites for hydroxylation is 1. The maximum Gasteiger partial charge on any atom is 0.197 e. The Labute approximate surface area is 150 Å². The second-order valence-electron chi connectivity index (χ2n) is 6.36. The van der Waals surface area contributed by atoms with Crippen LogP contribution in [0.5, 0.6) is 0 Å². The lowest BCUT2D eigenvalue weighted by atomic mass is 10.1. The Balaban J connectivity index is 1.59. The molecular weight excluding hydrogens is 310 g/mol. The Bertz CT molecular complexity index is 685. The number of anilines is 1. The topological polar surface area (TPSA) is 92.8 Å². The predicted octanol–water partition coefficient (Wildman–Crippen LogP) is 3.59. The van der Waals surface area contributed by atoms with E-state index >= 15 is 0 Å². The highest BCUT2D eigenvalue weighted by atomic mass is 15.0. The van der Waals surface area contributed by atoms with Gasteiger partial charge in [0.2, 0.25) is 0 Å². The molecule has 1 aromatic carbocycles. The average Bonchev–Trinajstić information content (AvgIpc) is 3.01. The van der Waals surface area contributed by atoms with Gasteiger partial charge in [-0.25, -0.2) is 4.98 Å². The summed E-state index contributed by atoms with van der Waals surface area (Å²) in [7, 11) is 0. The zero-order chi connectivity index (χ0) is 17.9. The van der Waals surface area contributed by atoms with Crippen LogP contribution in [-0.2, 0) is 6.42 Å². The van der Waals surface area contributed by atoms with Crippen LogP contribution in [0, 0.1) is 0 Å². The molecule has 0 unspecified atom stereocenters. The van der Waals surface area contributed by atoms with Crippen molar-refractivity contribution >= 4 is 12.0 Å². The monoisotopic (exact) mass is 339 g/mol. The molecule has 0 saturated heterocycles. The number of rotatable bonds is 10. The van der Waals surface area contributed by atoms with Gasteiger partial charge in [-0.05, 0) is 38.2 Å². The molecule has 0 aliphatic heterocycles. The molecule has 6 N–H and O–H groups in total. The van der Waals surface area contributed by atoms with Crippen molar-refractivity contribution in [3.63, 3.8) is 0 Å². The van der Waals surface area contributed by atoms with E-state index in [9.17, 15) is 0 Å². The largest absolute Gasteiger partial charge is 0.401 e. The fraction of sp³-hybridized carbons (Fsp3) is 0.350. The van der Waals surface area contributed by atoms with Gasteiger partial charge in [0.1, 0.15) is 0 Å². The number of nitrogens with zero attached hydrogens (tertiary/aromatic N) is 1. The Morgan fingerprint density at radius 1 is 1.20 bits per heavy atom. The van der Waals surface area contributed by atoms with E-state index in [0.29, 0.717) is 5.95 Å². The fourth-order valence-corrected chi connectivity index (χ4v) is 2.63. The highest BCUT2D eigenvalue weighted by Gasteiger charge is 1.98. The molecule has 2 aromatic rings. The first-order valence-electron chi connectivity index (χ1n) is 8.83. The van der Waals surface area contributed by atoms with Gasteiger partial charge in [-0.3, -0.25) is 0 Å². The summed E-state index contributed by atoms with van der Waals surface area (Å²) in [6, 6.07) is 10.3. The molecule has 1 aromatic heterocycles. The molecule has 0 bridgehead atoms. The van der Waals surface area contributed by atoms with Crippen molar-refractivity contribution in [1.29, 1.82) is 0 Å². The van der Waals surface area contributed by atoms with Gasteiger partial charge in [0.25, 0.3) is 0 Å². The van der Waals surface area contributed by atoms with Crippen LogP contribution in [0.3, 0.4) is 0 Å². The van der Waals surface area contributed by atoms with E-state index in [-0.39, 0.29) is 0 Å². The van der Waals surface area contributed by atoms with Crippen LogP contribution >= 0.6 is 0 Å². The van der Waals surface area contributed by atoms with E-state index in [1.54, 1.807) is 6.20 Å². The number of hydrogen-bond donors (Lipinski definition) is 4. The Kier molecular flexibility index (Phi) is 7.63. The molecule has 0 amide bonds. The smallest absolute Gasteiger partial charge is 0.197 e. The number of nitrogen functional groups attached to an aromatic ring is 1. The first-order chi connectivity index (χ1) is 12.1. The SMILES string of the molecule is C/C(=C\c1ccccc1)CN/C=C(\N)CCCCCc1cnc(N)[nH]1. The maximum atomic E-state index is 6.06. The lowest BCUT2D eigenvalue weighted by Gasteiger charge is -2.05. The minimum absolute atomic E-state index is 0.491. The first-order valence-corrected chi connectivity index (χ1v) is 8.83. The third kappa shape index (κ3) is 7.61. The second-order valence-corrected chi connectivity index (χ2v) is 6.36. The van der Waals surface area contributed by atoms with Crippen molar-refractivity contribution in [3.8, 4) is 0 Å². The van der Waals surface area contributed by atoms with Gasteiger partial charge in [-0.1, -0.05) is 48.4 Å². The summed E-state index contributed by atoms with van der Waals surface area (Å²) in [4.78, 5) is 7.05. The van der Waals surface area contributed by atoms with Gasteiger partial charge in [-0.15, -0.1) is 0 Å². The summed E-state index contributed by atoms with van der Waals surface area (Å²) in [5.74, 6) is 0.491. The number of allylic oxidation sites excluding steroid dienone is 1. The number of H-pyrrole nitrogens is 1. The van der Waals surface area contributed by atoms with Gasteiger partial charge < -0.3 is 21.8 Å². The van der Waals surface area contributed by atoms with Gasteiger partial charge >= 0.3 is 0 Å². The van der Waals surface area contributed by atoms with E-state index in [1.165, 1.54) is 11.1 Å². The summed E-state index contributed by atoms with van der Waals surface area (Å²) in [6.45, 7) is 2.92. The van der Waals surface area contributed by atoms with Crippen LogP contribution in [0.1, 0.15) is 43.9 Å². The van der Waals surface area contributed by atoms with Crippen LogP contribution in [0.2, 0.25) is 0 Å². The van der Waals surface area contributed by atoms with Gasteiger partial charge in [0, 0.05) is 24.1 Å². The first kappa shape index (κ1) is 18.6. The van der Waals surface area contributed by atoms with E-state index in [1.807, 2.05) is 24.4 Å². The molecule has 0 saturated carbocycles. The molecule has 1 heterocycles. The Hall–Kier alpha value is -2.69. The predicted molar refractivity (Wildman–Crippen MR) is 106 cm³/mol. The van der Waals surface area contributed by atoms with Crippen LogP contribution < -0.4 is 16.8 Å². The fourth-order valence-electron chi connectivity index (χ4n) is 2.63. The van der Waals surface area contributed by atoms with Crippen molar-refractivity contribution < 1.29 is 0 Å². The molecule has 5 nitrogen and oxygen atoms in total. The number of aromatic amines is 1. The lowest BCUT2D eigenvalue weighted by Crippen LogP contribution is -2.12. The highest BCUT2D eigenvalue weighted by molar-refractivity contribution is 5.52. The van der Waals surface area contributed by atoms with Crippen LogP contribution in [0.4, 0.5) is 5.95 Å². The number of aromatic nitrogens is 2. The van der Waals surface area contributed by atoms with E-state index in [4.69, 9.17) is 11.5 Å². The molecule has 0 radical (unpaired) electrons. The minimum Gasteiger partial charge on any atom is -0.401 e. The molecule has 5 heteroatoms. The summed E-state index contributed by atoms with van der Waals surface area (Å²) >= 11 is 0. The Morgan fingerprint density at radius 2 is 2.00 bits per heavy atom. The van der Waals surface area contributed by atoms with Gasteiger partial charge in [0.15, 0.2) is 5.95 Å². The third-order valence-electron chi connectivity index (χ3n) is 3.94. The molecule has 0 fully saturated rings. The summed E-state index contributed by atoms with van der Waals surface area (Å²) < 4.78 is 0. The standard InChI is InChI=1S/C20H29N5/c1-16(12-17-8-4-2-5-9-17)13-23-14-18(21)10-6-3-7-11-19-15-24-20(22)25-19/h2,4-5,8-9,12,14-15,23H,3,6-7,10-11,13,21H2,1H3,(H3,22,24,25)/b16-12+,18-14-. The van der Waals surface area contributed by atoms with Crippen LogP contribution in [0.15, 0.2) is 54.0 Å². The molecule has 2 rings (SSSR count). The number of nitrogens with one attached hydrogen (secondary N) is 2. The molecule has 134 valence electrons. The lowest BCUT2D eigenvalue weighted by molar-refractivity contribution is 0.665. The van der Waals surface area contributed by atoms with Crippen LogP contribution in [0.25, 0.3) is 6.08 Å². The summed E-state index contributed by atoms with van der Waals surface area (Å²) in [5.41, 5.74) is 16.1. The second kappa shape index (κ2) is 10.2. The normalized spacial score (nSPS) is 12.4. The van der Waals surface area contributed by atoms with E-state index < -0.39 is 0 Å². The van der Waals surface area contributed by atoms with Crippen molar-refractivity contribution in [1.82, 2.24) is 15.3 Å². The van der Waals surface area contributed by atoms with E-state index in [2.05, 4.69) is 40.4 Å². The number of imidazole rings is 1. The van der Waals surface area contributed by atoms with Gasteiger partial charge in [-0.2, -0.15) is 0 Å². The average molecular weight is 339 g/mol. The highest BCUT2D eigenvalue weighted by Crippen LogP contribution is 2.09. The Morgan fingerprint density at radius 3 is 2.72 bits per heavy atom. The number of nitrogens with two attached hydrogens (primary N) is 2. The summed E-state index contributed by atoms with van der Waals surface area (Å²) in [5, 5.41) is 3.29. The maximum absolute atomic E-state index is 6.06. The van der Waals surface area contributed by atoms with Crippen molar-refractivity contribution in [2.24, 2.45) is 5.73 Å². The molecule has 0 aliphatic carbocycles. The van der Waals surface area contributed by atoms with Crippen LogP contribution in [-0.4, -0.2) is 16.5 Å². The van der Waals surface area contributed by atoms with Gasteiger partial charge in [0.05, 0.1) is 6.20 Å². The van der Waals surface area contributed by atoms with Crippen molar-refractivity contribution in [3.05, 3.63) is 65.3 Å². The van der Waals surface area contributed by atoms with E-state index in [0.717, 1.165) is 50.0 Å². The molecule has 0 atom stereocenters. The summed E-state index contributed by atoms with van der Waals surface area (Å²) in [6.07, 6.45) is 11.2. The minimum atomic E-state index is 0.491.